The minimum absolute atomic E-state index is 0.255. The van der Waals surface area contributed by atoms with Crippen molar-refractivity contribution in [2.24, 2.45) is 0 Å². The van der Waals surface area contributed by atoms with Gasteiger partial charge in [0, 0.05) is 5.56 Å². The molecular formula is C19H18N2O4. The molecule has 0 atom stereocenters. The first kappa shape index (κ1) is 16.6. The van der Waals surface area contributed by atoms with Gasteiger partial charge in [-0.25, -0.2) is 0 Å². The van der Waals surface area contributed by atoms with E-state index in [0.717, 1.165) is 11.1 Å². The summed E-state index contributed by atoms with van der Waals surface area (Å²) in [5.74, 6) is 1.01. The molecule has 6 nitrogen and oxygen atoms in total. The van der Waals surface area contributed by atoms with Crippen molar-refractivity contribution in [2.45, 2.75) is 6.54 Å². The lowest BCUT2D eigenvalue weighted by atomic mass is 10.1. The molecule has 6 heteroatoms. The SMILES string of the molecule is COc1cccc(OC)c1CNC(=O)c1conc1-c1ccccc1. The third-order valence-corrected chi connectivity index (χ3v) is 3.82. The maximum Gasteiger partial charge on any atom is 0.257 e. The highest BCUT2D eigenvalue weighted by Crippen LogP contribution is 2.28. The van der Waals surface area contributed by atoms with Crippen molar-refractivity contribution < 1.29 is 18.8 Å². The van der Waals surface area contributed by atoms with E-state index in [0.29, 0.717) is 22.8 Å². The first-order valence-corrected chi connectivity index (χ1v) is 7.72. The fraction of sp³-hybridized carbons (Fsp3) is 0.158. The quantitative estimate of drug-likeness (QED) is 0.746. The van der Waals surface area contributed by atoms with Gasteiger partial charge in [0.1, 0.15) is 29.0 Å². The maximum atomic E-state index is 12.6. The molecular weight excluding hydrogens is 320 g/mol. The van der Waals surface area contributed by atoms with Crippen LogP contribution < -0.4 is 14.8 Å². The largest absolute Gasteiger partial charge is 0.496 e. The minimum Gasteiger partial charge on any atom is -0.496 e. The Balaban J connectivity index is 1.80. The number of nitrogens with one attached hydrogen (secondary N) is 1. The molecule has 1 N–H and O–H groups in total. The number of hydrogen-bond donors (Lipinski definition) is 1. The molecule has 1 aromatic heterocycles. The monoisotopic (exact) mass is 338 g/mol. The van der Waals surface area contributed by atoms with E-state index in [1.54, 1.807) is 14.2 Å². The van der Waals surface area contributed by atoms with Crippen LogP contribution in [0.15, 0.2) is 59.3 Å². The lowest BCUT2D eigenvalue weighted by Gasteiger charge is -2.13. The molecule has 0 aliphatic carbocycles. The van der Waals surface area contributed by atoms with E-state index in [9.17, 15) is 4.79 Å². The van der Waals surface area contributed by atoms with Crippen molar-refractivity contribution in [2.75, 3.05) is 14.2 Å². The molecule has 3 aromatic rings. The van der Waals surface area contributed by atoms with Gasteiger partial charge in [-0.15, -0.1) is 0 Å². The summed E-state index contributed by atoms with van der Waals surface area (Å²) < 4.78 is 15.7. The number of benzene rings is 2. The second kappa shape index (κ2) is 7.53. The van der Waals surface area contributed by atoms with E-state index in [4.69, 9.17) is 14.0 Å². The molecule has 0 bridgehead atoms. The van der Waals surface area contributed by atoms with Gasteiger partial charge in [0.25, 0.3) is 5.91 Å². The van der Waals surface area contributed by atoms with Crippen LogP contribution in [0.2, 0.25) is 0 Å². The fourth-order valence-corrected chi connectivity index (χ4v) is 2.57. The van der Waals surface area contributed by atoms with Crippen LogP contribution in [0.3, 0.4) is 0 Å². The van der Waals surface area contributed by atoms with Crippen molar-refractivity contribution in [3.63, 3.8) is 0 Å². The zero-order valence-electron chi connectivity index (χ0n) is 14.0. The number of methoxy groups -OCH3 is 2. The van der Waals surface area contributed by atoms with Crippen LogP contribution in [0.1, 0.15) is 15.9 Å². The van der Waals surface area contributed by atoms with Crippen LogP contribution in [-0.2, 0) is 6.54 Å². The van der Waals surface area contributed by atoms with Crippen molar-refractivity contribution in [1.29, 1.82) is 0 Å². The van der Waals surface area contributed by atoms with Crippen LogP contribution in [0, 0.1) is 0 Å². The minimum atomic E-state index is -0.284. The molecule has 0 unspecified atom stereocenters. The highest BCUT2D eigenvalue weighted by molar-refractivity contribution is 5.99. The lowest BCUT2D eigenvalue weighted by molar-refractivity contribution is 0.0950. The normalized spacial score (nSPS) is 10.3. The molecule has 0 fully saturated rings. The van der Waals surface area contributed by atoms with Gasteiger partial charge in [-0.1, -0.05) is 41.6 Å². The number of rotatable bonds is 6. The number of nitrogens with zero attached hydrogens (tertiary/aromatic N) is 1. The van der Waals surface area contributed by atoms with Crippen molar-refractivity contribution in [3.8, 4) is 22.8 Å². The Labute approximate surface area is 145 Å². The average molecular weight is 338 g/mol. The van der Waals surface area contributed by atoms with Crippen molar-refractivity contribution in [3.05, 3.63) is 65.9 Å². The summed E-state index contributed by atoms with van der Waals surface area (Å²) in [7, 11) is 3.15. The fourth-order valence-electron chi connectivity index (χ4n) is 2.57. The van der Waals surface area contributed by atoms with Crippen LogP contribution in [0.5, 0.6) is 11.5 Å². The number of carbonyl (C=O) groups is 1. The molecule has 0 spiro atoms. The maximum absolute atomic E-state index is 12.6. The number of aromatic nitrogens is 1. The molecule has 0 saturated carbocycles. The van der Waals surface area contributed by atoms with E-state index >= 15 is 0 Å². The highest BCUT2D eigenvalue weighted by atomic mass is 16.5. The van der Waals surface area contributed by atoms with Crippen LogP contribution in [0.25, 0.3) is 11.3 Å². The molecule has 128 valence electrons. The molecule has 0 aliphatic heterocycles. The molecule has 2 aromatic carbocycles. The molecule has 3 rings (SSSR count). The standard InChI is InChI=1S/C19H18N2O4/c1-23-16-9-6-10-17(24-2)14(16)11-20-19(22)15-12-25-21-18(15)13-7-4-3-5-8-13/h3-10,12H,11H2,1-2H3,(H,20,22). The second-order valence-corrected chi connectivity index (χ2v) is 5.27. The summed E-state index contributed by atoms with van der Waals surface area (Å²) in [6.45, 7) is 0.255. The van der Waals surface area contributed by atoms with E-state index < -0.39 is 0 Å². The molecule has 0 saturated heterocycles. The van der Waals surface area contributed by atoms with Crippen LogP contribution in [-0.4, -0.2) is 25.3 Å². The Morgan fingerprint density at radius 3 is 2.36 bits per heavy atom. The summed E-state index contributed by atoms with van der Waals surface area (Å²) in [4.78, 5) is 12.6. The van der Waals surface area contributed by atoms with Gasteiger partial charge in [-0.2, -0.15) is 0 Å². The van der Waals surface area contributed by atoms with E-state index in [1.165, 1.54) is 6.26 Å². The summed E-state index contributed by atoms with van der Waals surface area (Å²) in [6, 6.07) is 14.9. The van der Waals surface area contributed by atoms with E-state index in [-0.39, 0.29) is 12.5 Å². The zero-order valence-corrected chi connectivity index (χ0v) is 14.0. The smallest absolute Gasteiger partial charge is 0.257 e. The van der Waals surface area contributed by atoms with Gasteiger partial charge in [-0.05, 0) is 12.1 Å². The first-order chi connectivity index (χ1) is 12.2. The van der Waals surface area contributed by atoms with Crippen LogP contribution >= 0.6 is 0 Å². The van der Waals surface area contributed by atoms with Gasteiger partial charge in [-0.3, -0.25) is 4.79 Å². The molecule has 25 heavy (non-hydrogen) atoms. The molecule has 0 radical (unpaired) electrons. The Hall–Kier alpha value is -3.28. The summed E-state index contributed by atoms with van der Waals surface area (Å²) >= 11 is 0. The number of amides is 1. The summed E-state index contributed by atoms with van der Waals surface area (Å²) in [6.07, 6.45) is 1.34. The van der Waals surface area contributed by atoms with E-state index in [1.807, 2.05) is 48.5 Å². The Kier molecular flexibility index (Phi) is 4.99. The predicted molar refractivity (Wildman–Crippen MR) is 92.7 cm³/mol. The van der Waals surface area contributed by atoms with Gasteiger partial charge in [0.15, 0.2) is 0 Å². The summed E-state index contributed by atoms with van der Waals surface area (Å²) in [5.41, 5.74) is 2.46. The Morgan fingerprint density at radius 2 is 1.72 bits per heavy atom. The molecule has 0 aliphatic rings. The second-order valence-electron chi connectivity index (χ2n) is 5.27. The lowest BCUT2D eigenvalue weighted by Crippen LogP contribution is -2.23. The topological polar surface area (TPSA) is 73.6 Å². The third-order valence-electron chi connectivity index (χ3n) is 3.82. The Bertz CT molecular complexity index is 837. The van der Waals surface area contributed by atoms with Gasteiger partial charge >= 0.3 is 0 Å². The van der Waals surface area contributed by atoms with Gasteiger partial charge < -0.3 is 19.3 Å². The number of carbonyl (C=O) groups excluding carboxylic acids is 1. The molecule has 1 amide bonds. The van der Waals surface area contributed by atoms with Crippen molar-refractivity contribution >= 4 is 5.91 Å². The number of ether oxygens (including phenoxy) is 2. The van der Waals surface area contributed by atoms with E-state index in [2.05, 4.69) is 10.5 Å². The van der Waals surface area contributed by atoms with Gasteiger partial charge in [0.05, 0.1) is 26.3 Å². The van der Waals surface area contributed by atoms with Gasteiger partial charge in [0.2, 0.25) is 0 Å². The highest BCUT2D eigenvalue weighted by Gasteiger charge is 2.18. The average Bonchev–Trinajstić information content (AvgIpc) is 3.16. The molecule has 1 heterocycles. The summed E-state index contributed by atoms with van der Waals surface area (Å²) in [5, 5.41) is 6.81. The van der Waals surface area contributed by atoms with Crippen molar-refractivity contribution in [1.82, 2.24) is 10.5 Å². The zero-order chi connectivity index (χ0) is 17.6. The number of hydrogen-bond acceptors (Lipinski definition) is 5. The third kappa shape index (κ3) is 3.47. The van der Waals surface area contributed by atoms with Crippen LogP contribution in [0.4, 0.5) is 0 Å². The Morgan fingerprint density at radius 1 is 1.04 bits per heavy atom. The first-order valence-electron chi connectivity index (χ1n) is 7.72. The predicted octanol–water partition coefficient (Wildman–Crippen LogP) is 3.29.